The highest BCUT2D eigenvalue weighted by Crippen LogP contribution is 2.32. The Bertz CT molecular complexity index is 837. The van der Waals surface area contributed by atoms with Gasteiger partial charge in [-0.2, -0.15) is 0 Å². The number of anilines is 1. The maximum absolute atomic E-state index is 12.6. The minimum absolute atomic E-state index is 0. The van der Waals surface area contributed by atoms with E-state index in [1.807, 2.05) is 30.3 Å². The molecule has 2 N–H and O–H groups in total. The van der Waals surface area contributed by atoms with Gasteiger partial charge in [-0.05, 0) is 49.9 Å². The monoisotopic (exact) mass is 420 g/mol. The van der Waals surface area contributed by atoms with Gasteiger partial charge in [0.05, 0.1) is 7.11 Å². The summed E-state index contributed by atoms with van der Waals surface area (Å²) in [6.45, 7) is 4.06. The van der Waals surface area contributed by atoms with Gasteiger partial charge >= 0.3 is 5.97 Å². The first-order valence-electron chi connectivity index (χ1n) is 9.80. The Morgan fingerprint density at radius 3 is 2.66 bits per heavy atom. The predicted molar refractivity (Wildman–Crippen MR) is 117 cm³/mol. The first kappa shape index (κ1) is 23.0. The number of fused-ring (bicyclic) bond motifs is 1. The van der Waals surface area contributed by atoms with Crippen molar-refractivity contribution in [1.29, 1.82) is 0 Å². The molecule has 0 aromatic heterocycles. The number of carbonyl (C=O) groups is 2. The largest absolute Gasteiger partial charge is 0.481 e. The minimum Gasteiger partial charge on any atom is -0.481 e. The summed E-state index contributed by atoms with van der Waals surface area (Å²) in [6, 6.07) is 11.3. The lowest BCUT2D eigenvalue weighted by Crippen LogP contribution is -2.34. The summed E-state index contributed by atoms with van der Waals surface area (Å²) >= 11 is 0. The van der Waals surface area contributed by atoms with E-state index in [9.17, 15) is 9.59 Å². The second-order valence-electron chi connectivity index (χ2n) is 7.36. The molecule has 3 rings (SSSR count). The molecule has 1 amide bonds. The van der Waals surface area contributed by atoms with Crippen LogP contribution in [0.2, 0.25) is 0 Å². The molecule has 158 valence electrons. The molecule has 7 heteroatoms. The fraction of sp³-hybridized carbons (Fsp3) is 0.455. The van der Waals surface area contributed by atoms with Crippen molar-refractivity contribution in [3.8, 4) is 5.75 Å². The number of halogens is 1. The molecule has 0 bridgehead atoms. The number of piperidine rings is 1. The number of ether oxygens (including phenoxy) is 2. The van der Waals surface area contributed by atoms with Crippen LogP contribution in [0.25, 0.3) is 10.8 Å². The molecule has 1 fully saturated rings. The van der Waals surface area contributed by atoms with Gasteiger partial charge in [-0.3, -0.25) is 4.79 Å². The number of carbonyl (C=O) groups excluding carboxylic acids is 2. The molecule has 2 aromatic rings. The van der Waals surface area contributed by atoms with Crippen LogP contribution in [-0.2, 0) is 14.3 Å². The number of rotatable bonds is 7. The summed E-state index contributed by atoms with van der Waals surface area (Å²) < 4.78 is 10.2. The van der Waals surface area contributed by atoms with Crippen molar-refractivity contribution >= 4 is 40.7 Å². The SMILES string of the molecule is COC(=O)COc1ccc(NC(=O)CC(C)C2CCCNC2)c2ccccc12.Cl. The lowest BCUT2D eigenvalue weighted by molar-refractivity contribution is -0.142. The lowest BCUT2D eigenvalue weighted by Gasteiger charge is -2.28. The number of benzene rings is 2. The van der Waals surface area contributed by atoms with Crippen LogP contribution >= 0.6 is 12.4 Å². The van der Waals surface area contributed by atoms with E-state index in [1.54, 1.807) is 6.07 Å². The zero-order valence-corrected chi connectivity index (χ0v) is 17.7. The van der Waals surface area contributed by atoms with E-state index in [4.69, 9.17) is 4.74 Å². The van der Waals surface area contributed by atoms with Gasteiger partial charge < -0.3 is 20.1 Å². The van der Waals surface area contributed by atoms with Gasteiger partial charge in [-0.1, -0.05) is 31.2 Å². The van der Waals surface area contributed by atoms with E-state index in [-0.39, 0.29) is 24.9 Å². The Morgan fingerprint density at radius 1 is 1.21 bits per heavy atom. The van der Waals surface area contributed by atoms with E-state index < -0.39 is 5.97 Å². The molecular formula is C22H29ClN2O4. The molecule has 1 heterocycles. The number of esters is 1. The Morgan fingerprint density at radius 2 is 1.97 bits per heavy atom. The summed E-state index contributed by atoms with van der Waals surface area (Å²) in [4.78, 5) is 24.0. The Labute approximate surface area is 177 Å². The lowest BCUT2D eigenvalue weighted by atomic mass is 9.85. The van der Waals surface area contributed by atoms with E-state index >= 15 is 0 Å². The third kappa shape index (κ3) is 6.08. The Hall–Kier alpha value is -2.31. The summed E-state index contributed by atoms with van der Waals surface area (Å²) in [6.07, 6.45) is 2.85. The van der Waals surface area contributed by atoms with Crippen molar-refractivity contribution in [2.24, 2.45) is 11.8 Å². The van der Waals surface area contributed by atoms with Crippen LogP contribution in [0.4, 0.5) is 5.69 Å². The molecule has 0 radical (unpaired) electrons. The highest BCUT2D eigenvalue weighted by Gasteiger charge is 2.22. The summed E-state index contributed by atoms with van der Waals surface area (Å²) in [5.41, 5.74) is 0.750. The van der Waals surface area contributed by atoms with Crippen molar-refractivity contribution in [3.05, 3.63) is 36.4 Å². The van der Waals surface area contributed by atoms with E-state index in [0.717, 1.165) is 29.5 Å². The number of hydrogen-bond acceptors (Lipinski definition) is 5. The van der Waals surface area contributed by atoms with Crippen LogP contribution in [0.3, 0.4) is 0 Å². The van der Waals surface area contributed by atoms with Crippen LogP contribution in [0.15, 0.2) is 36.4 Å². The molecule has 2 unspecified atom stereocenters. The summed E-state index contributed by atoms with van der Waals surface area (Å²) in [7, 11) is 1.33. The van der Waals surface area contributed by atoms with Crippen molar-refractivity contribution in [2.75, 3.05) is 32.1 Å². The van der Waals surface area contributed by atoms with Crippen molar-refractivity contribution < 1.29 is 19.1 Å². The van der Waals surface area contributed by atoms with E-state index in [0.29, 0.717) is 24.0 Å². The zero-order chi connectivity index (χ0) is 19.9. The van der Waals surface area contributed by atoms with Crippen LogP contribution in [0.5, 0.6) is 5.75 Å². The molecule has 0 spiro atoms. The van der Waals surface area contributed by atoms with Gasteiger partial charge in [0, 0.05) is 22.9 Å². The average Bonchev–Trinajstić information content (AvgIpc) is 2.73. The fourth-order valence-corrected chi connectivity index (χ4v) is 3.73. The molecular weight excluding hydrogens is 392 g/mol. The molecule has 1 saturated heterocycles. The van der Waals surface area contributed by atoms with Crippen LogP contribution in [0, 0.1) is 11.8 Å². The Kier molecular flexibility index (Phi) is 8.73. The fourth-order valence-electron chi connectivity index (χ4n) is 3.73. The minimum atomic E-state index is -0.437. The van der Waals surface area contributed by atoms with Gasteiger partial charge in [-0.15, -0.1) is 12.4 Å². The zero-order valence-electron chi connectivity index (χ0n) is 16.9. The second kappa shape index (κ2) is 11.0. The molecule has 1 aliphatic heterocycles. The molecule has 1 aliphatic rings. The number of nitrogens with one attached hydrogen (secondary N) is 2. The van der Waals surface area contributed by atoms with Crippen LogP contribution < -0.4 is 15.4 Å². The molecule has 0 aliphatic carbocycles. The van der Waals surface area contributed by atoms with Gasteiger partial charge in [-0.25, -0.2) is 4.79 Å². The maximum atomic E-state index is 12.6. The number of amides is 1. The predicted octanol–water partition coefficient (Wildman–Crippen LogP) is 3.78. The second-order valence-corrected chi connectivity index (χ2v) is 7.36. The van der Waals surface area contributed by atoms with Crippen molar-refractivity contribution in [2.45, 2.75) is 26.2 Å². The first-order chi connectivity index (χ1) is 13.6. The van der Waals surface area contributed by atoms with E-state index in [2.05, 4.69) is 22.3 Å². The number of methoxy groups -OCH3 is 1. The third-order valence-electron chi connectivity index (χ3n) is 5.38. The number of hydrogen-bond donors (Lipinski definition) is 2. The Balaban J connectivity index is 0.00000300. The smallest absolute Gasteiger partial charge is 0.343 e. The van der Waals surface area contributed by atoms with Gasteiger partial charge in [0.25, 0.3) is 0 Å². The maximum Gasteiger partial charge on any atom is 0.343 e. The molecule has 2 aromatic carbocycles. The molecule has 29 heavy (non-hydrogen) atoms. The van der Waals surface area contributed by atoms with E-state index in [1.165, 1.54) is 20.0 Å². The normalized spacial score (nSPS) is 17.1. The van der Waals surface area contributed by atoms with Crippen LogP contribution in [-0.4, -0.2) is 38.7 Å². The van der Waals surface area contributed by atoms with Gasteiger partial charge in [0.2, 0.25) is 5.91 Å². The molecule has 2 atom stereocenters. The van der Waals surface area contributed by atoms with Gasteiger partial charge in [0.1, 0.15) is 5.75 Å². The topological polar surface area (TPSA) is 76.7 Å². The third-order valence-corrected chi connectivity index (χ3v) is 5.38. The van der Waals surface area contributed by atoms with Crippen LogP contribution in [0.1, 0.15) is 26.2 Å². The summed E-state index contributed by atoms with van der Waals surface area (Å²) in [5.74, 6) is 1.05. The van der Waals surface area contributed by atoms with Gasteiger partial charge in [0.15, 0.2) is 6.61 Å². The molecule has 0 saturated carbocycles. The highest BCUT2D eigenvalue weighted by molar-refractivity contribution is 6.04. The average molecular weight is 421 g/mol. The summed E-state index contributed by atoms with van der Waals surface area (Å²) in [5, 5.41) is 8.19. The van der Waals surface area contributed by atoms with Crippen molar-refractivity contribution in [1.82, 2.24) is 5.32 Å². The molecule has 6 nitrogen and oxygen atoms in total. The highest BCUT2D eigenvalue weighted by atomic mass is 35.5. The quantitative estimate of drug-likeness (QED) is 0.666. The van der Waals surface area contributed by atoms with Crippen molar-refractivity contribution in [3.63, 3.8) is 0 Å². The standard InChI is InChI=1S/C22H28N2O4.ClH/c1-15(16-6-5-11-23-13-16)12-21(25)24-19-9-10-20(28-14-22(26)27-2)18-8-4-3-7-17(18)19;/h3-4,7-10,15-16,23H,5-6,11-14H2,1-2H3,(H,24,25);1H. The first-order valence-corrected chi connectivity index (χ1v) is 9.80.